The van der Waals surface area contributed by atoms with Gasteiger partial charge in [-0.05, 0) is 19.1 Å². The standard InChI is InChI=1S/C7H10ClN/c1-6(8)4-5-7(2)9-3/h4-5H,1H2,2-3H3/b5-4-,9-7-. The van der Waals surface area contributed by atoms with Crippen LogP contribution < -0.4 is 0 Å². The highest BCUT2D eigenvalue weighted by Crippen LogP contribution is 1.97. The minimum atomic E-state index is 0.526. The second-order valence-corrected chi connectivity index (χ2v) is 2.13. The zero-order chi connectivity index (χ0) is 7.28. The largest absolute Gasteiger partial charge is 0.293 e. The quantitative estimate of drug-likeness (QED) is 0.416. The van der Waals surface area contributed by atoms with Crippen LogP contribution in [0.25, 0.3) is 0 Å². The number of aliphatic imine (C=N–C) groups is 1. The third-order valence-corrected chi connectivity index (χ3v) is 0.984. The Morgan fingerprint density at radius 2 is 2.11 bits per heavy atom. The molecule has 0 atom stereocenters. The molecule has 0 aromatic rings. The molecule has 0 aliphatic heterocycles. The first-order valence-electron chi connectivity index (χ1n) is 2.62. The maximum absolute atomic E-state index is 5.44. The molecule has 0 saturated carbocycles. The van der Waals surface area contributed by atoms with Crippen molar-refractivity contribution in [1.29, 1.82) is 0 Å². The predicted molar refractivity (Wildman–Crippen MR) is 43.2 cm³/mol. The average Bonchev–Trinajstić information content (AvgIpc) is 1.83. The molecular weight excluding hydrogens is 134 g/mol. The number of nitrogens with zero attached hydrogens (tertiary/aromatic N) is 1. The Balaban J connectivity index is 3.86. The lowest BCUT2D eigenvalue weighted by molar-refractivity contribution is 1.43. The van der Waals surface area contributed by atoms with Crippen LogP contribution in [0.1, 0.15) is 6.92 Å². The average molecular weight is 144 g/mol. The molecule has 0 aromatic heterocycles. The molecule has 0 heterocycles. The molecule has 9 heavy (non-hydrogen) atoms. The summed E-state index contributed by atoms with van der Waals surface area (Å²) in [4.78, 5) is 3.89. The van der Waals surface area contributed by atoms with Crippen LogP contribution in [0, 0.1) is 0 Å². The van der Waals surface area contributed by atoms with Crippen LogP contribution in [-0.4, -0.2) is 12.8 Å². The third kappa shape index (κ3) is 5.31. The zero-order valence-electron chi connectivity index (χ0n) is 5.69. The molecule has 0 amide bonds. The lowest BCUT2D eigenvalue weighted by Gasteiger charge is -1.84. The van der Waals surface area contributed by atoms with Crippen molar-refractivity contribution in [3.63, 3.8) is 0 Å². The number of hydrogen-bond acceptors (Lipinski definition) is 1. The summed E-state index contributed by atoms with van der Waals surface area (Å²) in [5, 5.41) is 0.526. The molecule has 0 unspecified atom stereocenters. The van der Waals surface area contributed by atoms with Gasteiger partial charge in [0.2, 0.25) is 0 Å². The molecule has 50 valence electrons. The first kappa shape index (κ1) is 8.44. The number of allylic oxidation sites excluding steroid dienone is 3. The Morgan fingerprint density at radius 1 is 1.56 bits per heavy atom. The van der Waals surface area contributed by atoms with E-state index in [0.717, 1.165) is 5.71 Å². The lowest BCUT2D eigenvalue weighted by atomic mass is 10.3. The van der Waals surface area contributed by atoms with Crippen LogP contribution in [-0.2, 0) is 0 Å². The van der Waals surface area contributed by atoms with E-state index in [0.29, 0.717) is 5.03 Å². The van der Waals surface area contributed by atoms with Crippen molar-refractivity contribution in [3.8, 4) is 0 Å². The first-order chi connectivity index (χ1) is 4.16. The minimum Gasteiger partial charge on any atom is -0.293 e. The van der Waals surface area contributed by atoms with Gasteiger partial charge in [-0.1, -0.05) is 18.2 Å². The molecule has 0 aliphatic rings. The van der Waals surface area contributed by atoms with E-state index >= 15 is 0 Å². The second-order valence-electron chi connectivity index (χ2n) is 1.65. The van der Waals surface area contributed by atoms with E-state index in [-0.39, 0.29) is 0 Å². The Morgan fingerprint density at radius 3 is 2.44 bits per heavy atom. The fourth-order valence-electron chi connectivity index (χ4n) is 0.286. The monoisotopic (exact) mass is 143 g/mol. The van der Waals surface area contributed by atoms with Gasteiger partial charge in [0.25, 0.3) is 0 Å². The van der Waals surface area contributed by atoms with Gasteiger partial charge in [0.1, 0.15) is 0 Å². The van der Waals surface area contributed by atoms with Gasteiger partial charge in [0.05, 0.1) is 0 Å². The van der Waals surface area contributed by atoms with E-state index in [1.807, 2.05) is 13.0 Å². The van der Waals surface area contributed by atoms with E-state index in [1.165, 1.54) is 0 Å². The van der Waals surface area contributed by atoms with Crippen molar-refractivity contribution in [3.05, 3.63) is 23.8 Å². The summed E-state index contributed by atoms with van der Waals surface area (Å²) in [6, 6.07) is 0. The number of hydrogen-bond donors (Lipinski definition) is 0. The molecule has 0 saturated heterocycles. The van der Waals surface area contributed by atoms with Crippen LogP contribution in [0.5, 0.6) is 0 Å². The van der Waals surface area contributed by atoms with Crippen molar-refractivity contribution >= 4 is 17.3 Å². The predicted octanol–water partition coefficient (Wildman–Crippen LogP) is 2.39. The van der Waals surface area contributed by atoms with Crippen LogP contribution in [0.15, 0.2) is 28.8 Å². The van der Waals surface area contributed by atoms with Crippen LogP contribution in [0.2, 0.25) is 0 Å². The minimum absolute atomic E-state index is 0.526. The Hall–Kier alpha value is -0.560. The molecule has 0 rings (SSSR count). The fraction of sp³-hybridized carbons (Fsp3) is 0.286. The van der Waals surface area contributed by atoms with Gasteiger partial charge < -0.3 is 0 Å². The van der Waals surface area contributed by atoms with Crippen molar-refractivity contribution in [1.82, 2.24) is 0 Å². The molecule has 1 nitrogen and oxygen atoms in total. The second kappa shape index (κ2) is 4.33. The van der Waals surface area contributed by atoms with E-state index in [9.17, 15) is 0 Å². The van der Waals surface area contributed by atoms with Gasteiger partial charge >= 0.3 is 0 Å². The van der Waals surface area contributed by atoms with Gasteiger partial charge in [-0.15, -0.1) is 0 Å². The van der Waals surface area contributed by atoms with Gasteiger partial charge in [-0.25, -0.2) is 0 Å². The van der Waals surface area contributed by atoms with E-state index in [4.69, 9.17) is 11.6 Å². The maximum atomic E-state index is 5.44. The number of halogens is 1. The molecule has 0 aromatic carbocycles. The van der Waals surface area contributed by atoms with Crippen LogP contribution >= 0.6 is 11.6 Å². The van der Waals surface area contributed by atoms with E-state index in [2.05, 4.69) is 11.6 Å². The van der Waals surface area contributed by atoms with Crippen molar-refractivity contribution in [2.45, 2.75) is 6.92 Å². The fourth-order valence-corrected chi connectivity index (χ4v) is 0.349. The summed E-state index contributed by atoms with van der Waals surface area (Å²) < 4.78 is 0. The van der Waals surface area contributed by atoms with Gasteiger partial charge in [0.15, 0.2) is 0 Å². The normalized spacial score (nSPS) is 12.6. The Bertz CT molecular complexity index is 156. The molecule has 0 aliphatic carbocycles. The molecular formula is C7H10ClN. The van der Waals surface area contributed by atoms with Crippen molar-refractivity contribution in [2.75, 3.05) is 7.05 Å². The molecule has 0 bridgehead atoms. The van der Waals surface area contributed by atoms with Crippen molar-refractivity contribution in [2.24, 2.45) is 4.99 Å². The Kier molecular flexibility index (Phi) is 4.06. The van der Waals surface area contributed by atoms with Gasteiger partial charge in [-0.3, -0.25) is 4.99 Å². The summed E-state index contributed by atoms with van der Waals surface area (Å²) in [6.07, 6.45) is 3.53. The van der Waals surface area contributed by atoms with E-state index < -0.39 is 0 Å². The maximum Gasteiger partial charge on any atom is 0.0334 e. The van der Waals surface area contributed by atoms with E-state index in [1.54, 1.807) is 13.1 Å². The number of rotatable bonds is 2. The van der Waals surface area contributed by atoms with Crippen LogP contribution in [0.4, 0.5) is 0 Å². The summed E-state index contributed by atoms with van der Waals surface area (Å²) in [5.41, 5.74) is 0.941. The molecule has 2 heteroatoms. The topological polar surface area (TPSA) is 12.4 Å². The van der Waals surface area contributed by atoms with Crippen LogP contribution in [0.3, 0.4) is 0 Å². The third-order valence-electron chi connectivity index (χ3n) is 0.858. The summed E-state index contributed by atoms with van der Waals surface area (Å²) >= 11 is 5.44. The smallest absolute Gasteiger partial charge is 0.0334 e. The first-order valence-corrected chi connectivity index (χ1v) is 3.00. The molecule has 0 radical (unpaired) electrons. The highest BCUT2D eigenvalue weighted by molar-refractivity contribution is 6.31. The highest BCUT2D eigenvalue weighted by atomic mass is 35.5. The SMILES string of the molecule is C=C(Cl)/C=C\C(C)=N/C. The summed E-state index contributed by atoms with van der Waals surface area (Å²) in [5.74, 6) is 0. The van der Waals surface area contributed by atoms with Gasteiger partial charge in [-0.2, -0.15) is 0 Å². The lowest BCUT2D eigenvalue weighted by Crippen LogP contribution is -1.80. The molecule has 0 fully saturated rings. The van der Waals surface area contributed by atoms with Crippen molar-refractivity contribution < 1.29 is 0 Å². The highest BCUT2D eigenvalue weighted by Gasteiger charge is 1.78. The Labute approximate surface area is 60.7 Å². The summed E-state index contributed by atoms with van der Waals surface area (Å²) in [7, 11) is 1.73. The zero-order valence-corrected chi connectivity index (χ0v) is 6.44. The summed E-state index contributed by atoms with van der Waals surface area (Å²) in [6.45, 7) is 5.38. The van der Waals surface area contributed by atoms with Gasteiger partial charge in [0, 0.05) is 17.8 Å². The molecule has 0 spiro atoms. The molecule has 0 N–H and O–H groups in total.